The van der Waals surface area contributed by atoms with Crippen molar-refractivity contribution in [1.29, 1.82) is 0 Å². The highest BCUT2D eigenvalue weighted by Gasteiger charge is 2.24. The van der Waals surface area contributed by atoms with Crippen molar-refractivity contribution in [3.63, 3.8) is 0 Å². The third kappa shape index (κ3) is 5.65. The number of nitrogens with one attached hydrogen (secondary N) is 2. The van der Waals surface area contributed by atoms with Gasteiger partial charge in [-0.3, -0.25) is 15.0 Å². The molecule has 0 aromatic carbocycles. The fourth-order valence-electron chi connectivity index (χ4n) is 1.59. The maximum absolute atomic E-state index is 11.8. The van der Waals surface area contributed by atoms with Crippen LogP contribution < -0.4 is 10.6 Å². The van der Waals surface area contributed by atoms with Gasteiger partial charge in [0, 0.05) is 19.1 Å². The van der Waals surface area contributed by atoms with Crippen molar-refractivity contribution < 1.29 is 14.7 Å². The molecule has 0 bridgehead atoms. The van der Waals surface area contributed by atoms with Gasteiger partial charge in [-0.25, -0.2) is 4.79 Å². The molecule has 0 radical (unpaired) electrons. The third-order valence-electron chi connectivity index (χ3n) is 2.47. The lowest BCUT2D eigenvalue weighted by atomic mass is 10.2. The Morgan fingerprint density at radius 3 is 2.29 bits per heavy atom. The second-order valence-electron chi connectivity index (χ2n) is 4.08. The number of amides is 3. The minimum Gasteiger partial charge on any atom is -0.395 e. The fraction of sp³-hybridized carbons (Fsp3) is 0.818. The zero-order valence-corrected chi connectivity index (χ0v) is 11.0. The van der Waals surface area contributed by atoms with E-state index in [0.29, 0.717) is 13.1 Å². The maximum atomic E-state index is 11.8. The van der Waals surface area contributed by atoms with Crippen LogP contribution in [0.25, 0.3) is 0 Å². The molecule has 0 aliphatic rings. The number of hydrogen-bond acceptors (Lipinski definition) is 4. The van der Waals surface area contributed by atoms with E-state index in [1.54, 1.807) is 13.8 Å². The molecule has 0 aromatic rings. The van der Waals surface area contributed by atoms with Crippen LogP contribution in [0.3, 0.4) is 0 Å². The molecule has 0 aliphatic heterocycles. The Hall–Kier alpha value is -1.14. The first-order valence-corrected chi connectivity index (χ1v) is 5.89. The van der Waals surface area contributed by atoms with Crippen molar-refractivity contribution in [3.8, 4) is 0 Å². The van der Waals surface area contributed by atoms with E-state index in [0.717, 1.165) is 0 Å². The van der Waals surface area contributed by atoms with Crippen LogP contribution in [0.15, 0.2) is 0 Å². The molecule has 17 heavy (non-hydrogen) atoms. The van der Waals surface area contributed by atoms with E-state index in [4.69, 9.17) is 5.11 Å². The Balaban J connectivity index is 4.39. The van der Waals surface area contributed by atoms with E-state index in [-0.39, 0.29) is 18.6 Å². The molecule has 0 fully saturated rings. The molecule has 1 atom stereocenters. The van der Waals surface area contributed by atoms with Gasteiger partial charge in [-0.05, 0) is 27.7 Å². The molecule has 1 unspecified atom stereocenters. The van der Waals surface area contributed by atoms with Gasteiger partial charge < -0.3 is 10.4 Å². The van der Waals surface area contributed by atoms with Crippen LogP contribution in [-0.4, -0.2) is 53.7 Å². The lowest BCUT2D eigenvalue weighted by Crippen LogP contribution is -2.52. The normalized spacial score (nSPS) is 12.6. The standard InChI is InChI=1S/C11H23N3O3/c1-5-12-11(17)13-10(16)9(4)14(6-7-15)8(2)3/h8-9,15H,5-7H2,1-4H3,(H2,12,13,16,17). The van der Waals surface area contributed by atoms with Crippen molar-refractivity contribution in [1.82, 2.24) is 15.5 Å². The fourth-order valence-corrected chi connectivity index (χ4v) is 1.59. The molecule has 0 aliphatic carbocycles. The summed E-state index contributed by atoms with van der Waals surface area (Å²) in [5.74, 6) is -0.363. The van der Waals surface area contributed by atoms with Crippen LogP contribution >= 0.6 is 0 Å². The van der Waals surface area contributed by atoms with E-state index in [2.05, 4.69) is 10.6 Å². The SMILES string of the molecule is CCNC(=O)NC(=O)C(C)N(CCO)C(C)C. The topological polar surface area (TPSA) is 81.7 Å². The predicted octanol–water partition coefficient (Wildman–Crippen LogP) is -0.0767. The number of carbonyl (C=O) groups excluding carboxylic acids is 2. The number of imide groups is 1. The largest absolute Gasteiger partial charge is 0.395 e. The Kier molecular flexibility index (Phi) is 7.49. The molecular formula is C11H23N3O3. The summed E-state index contributed by atoms with van der Waals surface area (Å²) in [6, 6.07) is -0.820. The van der Waals surface area contributed by atoms with Crippen molar-refractivity contribution in [2.45, 2.75) is 39.8 Å². The Bertz CT molecular complexity index is 256. The number of rotatable bonds is 6. The second kappa shape index (κ2) is 8.03. The van der Waals surface area contributed by atoms with Crippen LogP contribution in [0.2, 0.25) is 0 Å². The van der Waals surface area contributed by atoms with E-state index < -0.39 is 12.1 Å². The summed E-state index contributed by atoms with van der Waals surface area (Å²) in [6.45, 7) is 8.22. The minimum absolute atomic E-state index is 0.0169. The quantitative estimate of drug-likeness (QED) is 0.611. The van der Waals surface area contributed by atoms with Crippen molar-refractivity contribution in [2.24, 2.45) is 0 Å². The van der Waals surface area contributed by atoms with Crippen LogP contribution in [0.1, 0.15) is 27.7 Å². The molecule has 0 heterocycles. The van der Waals surface area contributed by atoms with Gasteiger partial charge >= 0.3 is 6.03 Å². The number of aliphatic hydroxyl groups is 1. The Labute approximate surface area is 102 Å². The molecule has 0 saturated carbocycles. The molecule has 6 heteroatoms. The van der Waals surface area contributed by atoms with Crippen LogP contribution in [0, 0.1) is 0 Å². The number of aliphatic hydroxyl groups excluding tert-OH is 1. The number of nitrogens with zero attached hydrogens (tertiary/aromatic N) is 1. The molecule has 6 nitrogen and oxygen atoms in total. The highest BCUT2D eigenvalue weighted by molar-refractivity contribution is 5.96. The van der Waals surface area contributed by atoms with E-state index >= 15 is 0 Å². The summed E-state index contributed by atoms with van der Waals surface area (Å²) in [5.41, 5.74) is 0. The van der Waals surface area contributed by atoms with Gasteiger partial charge in [0.25, 0.3) is 0 Å². The first kappa shape index (κ1) is 15.9. The highest BCUT2D eigenvalue weighted by Crippen LogP contribution is 2.04. The molecule has 3 N–H and O–H groups in total. The molecule has 0 aromatic heterocycles. The van der Waals surface area contributed by atoms with Crippen LogP contribution in [0.5, 0.6) is 0 Å². The Morgan fingerprint density at radius 2 is 1.88 bits per heavy atom. The van der Waals surface area contributed by atoms with Gasteiger partial charge in [0.05, 0.1) is 12.6 Å². The van der Waals surface area contributed by atoms with E-state index in [1.165, 1.54) is 0 Å². The van der Waals surface area contributed by atoms with Crippen LogP contribution in [0.4, 0.5) is 4.79 Å². The summed E-state index contributed by atoms with van der Waals surface area (Å²) in [5, 5.41) is 13.7. The average molecular weight is 245 g/mol. The molecule has 0 rings (SSSR count). The van der Waals surface area contributed by atoms with Crippen LogP contribution in [-0.2, 0) is 4.79 Å². The summed E-state index contributed by atoms with van der Waals surface area (Å²) >= 11 is 0. The second-order valence-corrected chi connectivity index (χ2v) is 4.08. The van der Waals surface area contributed by atoms with Crippen molar-refractivity contribution in [2.75, 3.05) is 19.7 Å². The molecule has 3 amide bonds. The third-order valence-corrected chi connectivity index (χ3v) is 2.47. The maximum Gasteiger partial charge on any atom is 0.321 e. The molecule has 100 valence electrons. The minimum atomic E-state index is -0.489. The first-order chi connectivity index (χ1) is 7.93. The number of hydrogen-bond donors (Lipinski definition) is 3. The lowest BCUT2D eigenvalue weighted by molar-refractivity contribution is -0.125. The highest BCUT2D eigenvalue weighted by atomic mass is 16.3. The average Bonchev–Trinajstić information content (AvgIpc) is 2.24. The van der Waals surface area contributed by atoms with Crippen molar-refractivity contribution >= 4 is 11.9 Å². The van der Waals surface area contributed by atoms with Gasteiger partial charge in [-0.15, -0.1) is 0 Å². The predicted molar refractivity (Wildman–Crippen MR) is 65.6 cm³/mol. The van der Waals surface area contributed by atoms with Gasteiger partial charge in [0.2, 0.25) is 5.91 Å². The number of carbonyl (C=O) groups is 2. The van der Waals surface area contributed by atoms with Crippen molar-refractivity contribution in [3.05, 3.63) is 0 Å². The van der Waals surface area contributed by atoms with Gasteiger partial charge in [0.1, 0.15) is 0 Å². The summed E-state index contributed by atoms with van der Waals surface area (Å²) in [4.78, 5) is 24.8. The van der Waals surface area contributed by atoms with E-state index in [9.17, 15) is 9.59 Å². The Morgan fingerprint density at radius 1 is 1.29 bits per heavy atom. The van der Waals surface area contributed by atoms with Gasteiger partial charge in [-0.1, -0.05) is 0 Å². The summed E-state index contributed by atoms with van der Waals surface area (Å²) in [6.07, 6.45) is 0. The smallest absolute Gasteiger partial charge is 0.321 e. The van der Waals surface area contributed by atoms with E-state index in [1.807, 2.05) is 18.7 Å². The number of urea groups is 1. The summed E-state index contributed by atoms with van der Waals surface area (Å²) in [7, 11) is 0. The van der Waals surface area contributed by atoms with Gasteiger partial charge in [0.15, 0.2) is 0 Å². The van der Waals surface area contributed by atoms with Gasteiger partial charge in [-0.2, -0.15) is 0 Å². The lowest BCUT2D eigenvalue weighted by Gasteiger charge is -2.30. The zero-order valence-electron chi connectivity index (χ0n) is 11.0. The monoisotopic (exact) mass is 245 g/mol. The zero-order chi connectivity index (χ0) is 13.4. The molecule has 0 spiro atoms. The summed E-state index contributed by atoms with van der Waals surface area (Å²) < 4.78 is 0. The molecule has 0 saturated heterocycles. The molecular weight excluding hydrogens is 222 g/mol. The first-order valence-electron chi connectivity index (χ1n) is 5.89.